The van der Waals surface area contributed by atoms with Gasteiger partial charge in [-0.25, -0.2) is 4.39 Å². The number of carbonyl (C=O) groups excluding carboxylic acids is 1. The number of guanidine groups is 1. The third-order valence-corrected chi connectivity index (χ3v) is 4.81. The number of hydrogen-bond acceptors (Lipinski definition) is 2. The second-order valence-electron chi connectivity index (χ2n) is 6.78. The minimum absolute atomic E-state index is 0.193. The second kappa shape index (κ2) is 9.39. The van der Waals surface area contributed by atoms with Crippen LogP contribution >= 0.6 is 0 Å². The lowest BCUT2D eigenvalue weighted by Crippen LogP contribution is -2.38. The number of aromatic nitrogens is 1. The summed E-state index contributed by atoms with van der Waals surface area (Å²) in [5.41, 5.74) is 1.95. The molecule has 1 fully saturated rings. The highest BCUT2D eigenvalue weighted by atomic mass is 19.1. The first-order valence-corrected chi connectivity index (χ1v) is 9.73. The lowest BCUT2D eigenvalue weighted by molar-refractivity contribution is -0.129. The van der Waals surface area contributed by atoms with E-state index in [9.17, 15) is 9.18 Å². The van der Waals surface area contributed by atoms with Crippen LogP contribution < -0.4 is 10.6 Å². The molecule has 0 spiro atoms. The fourth-order valence-corrected chi connectivity index (χ4v) is 3.41. The van der Waals surface area contributed by atoms with Gasteiger partial charge in [0.25, 0.3) is 0 Å². The number of nitrogens with zero attached hydrogens (tertiary/aromatic N) is 2. The molecule has 0 unspecified atom stereocenters. The molecule has 0 saturated carbocycles. The largest absolute Gasteiger partial charge is 0.361 e. The maximum atomic E-state index is 13.3. The maximum Gasteiger partial charge on any atom is 0.224 e. The van der Waals surface area contributed by atoms with Gasteiger partial charge in [0, 0.05) is 49.7 Å². The Kier molecular flexibility index (Phi) is 6.68. The molecule has 1 aromatic carbocycles. The average molecular weight is 373 g/mol. The van der Waals surface area contributed by atoms with Crippen molar-refractivity contribution in [2.45, 2.75) is 32.6 Å². The highest BCUT2D eigenvalue weighted by Crippen LogP contribution is 2.19. The van der Waals surface area contributed by atoms with Crippen molar-refractivity contribution in [3.8, 4) is 0 Å². The van der Waals surface area contributed by atoms with E-state index in [0.29, 0.717) is 19.5 Å². The van der Waals surface area contributed by atoms with Gasteiger partial charge in [0.1, 0.15) is 5.82 Å². The number of H-pyrrole nitrogens is 1. The number of rotatable bonds is 7. The topological polar surface area (TPSA) is 72.5 Å². The van der Waals surface area contributed by atoms with E-state index in [-0.39, 0.29) is 11.7 Å². The molecule has 2 heterocycles. The van der Waals surface area contributed by atoms with E-state index in [1.165, 1.54) is 12.1 Å². The minimum atomic E-state index is -0.237. The van der Waals surface area contributed by atoms with Gasteiger partial charge in [-0.3, -0.25) is 9.79 Å². The van der Waals surface area contributed by atoms with Crippen molar-refractivity contribution in [1.29, 1.82) is 0 Å². The minimum Gasteiger partial charge on any atom is -0.361 e. The van der Waals surface area contributed by atoms with E-state index in [1.807, 2.05) is 18.0 Å². The first-order valence-electron chi connectivity index (χ1n) is 9.73. The molecule has 1 aromatic heterocycles. The van der Waals surface area contributed by atoms with E-state index in [4.69, 9.17) is 0 Å². The fraction of sp³-hybridized carbons (Fsp3) is 0.500. The molecule has 3 N–H and O–H groups in total. The van der Waals surface area contributed by atoms with Gasteiger partial charge in [-0.05, 0) is 49.9 Å². The highest BCUT2D eigenvalue weighted by Gasteiger charge is 2.17. The molecule has 1 aliphatic rings. The Morgan fingerprint density at radius 3 is 2.89 bits per heavy atom. The molecule has 0 radical (unpaired) electrons. The number of aromatic amines is 1. The molecule has 3 rings (SSSR count). The van der Waals surface area contributed by atoms with Crippen LogP contribution in [0.3, 0.4) is 0 Å². The molecular formula is C20H28FN5O. The summed E-state index contributed by atoms with van der Waals surface area (Å²) in [4.78, 5) is 21.6. The maximum absolute atomic E-state index is 13.3. The van der Waals surface area contributed by atoms with Gasteiger partial charge in [-0.1, -0.05) is 0 Å². The Labute approximate surface area is 159 Å². The summed E-state index contributed by atoms with van der Waals surface area (Å²) in [6, 6.07) is 4.80. The zero-order valence-corrected chi connectivity index (χ0v) is 15.9. The third-order valence-electron chi connectivity index (χ3n) is 4.81. The first-order chi connectivity index (χ1) is 13.2. The molecule has 0 bridgehead atoms. The summed E-state index contributed by atoms with van der Waals surface area (Å²) in [6.07, 6.45) is 5.39. The zero-order valence-electron chi connectivity index (χ0n) is 15.9. The number of nitrogens with one attached hydrogen (secondary N) is 3. The Bertz CT molecular complexity index is 795. The van der Waals surface area contributed by atoms with Gasteiger partial charge < -0.3 is 20.5 Å². The SMILES string of the molecule is CCNC(=NCCC(=O)N1CCCC1)NCCc1c[nH]c2cc(F)ccc12. The standard InChI is InChI=1S/C20H28FN5O/c1-2-22-20(24-10-8-19(27)26-11-3-4-12-26)23-9-7-15-14-25-18-13-16(21)5-6-17(15)18/h5-6,13-14,25H,2-4,7-12H2,1H3,(H2,22,23,24). The van der Waals surface area contributed by atoms with Gasteiger partial charge >= 0.3 is 0 Å². The van der Waals surface area contributed by atoms with E-state index in [1.54, 1.807) is 6.07 Å². The lowest BCUT2D eigenvalue weighted by Gasteiger charge is -2.15. The lowest BCUT2D eigenvalue weighted by atomic mass is 10.1. The van der Waals surface area contributed by atoms with Crippen LogP contribution in [0.25, 0.3) is 10.9 Å². The summed E-state index contributed by atoms with van der Waals surface area (Å²) in [6.45, 7) is 5.73. The van der Waals surface area contributed by atoms with Crippen LogP contribution in [0.4, 0.5) is 4.39 Å². The van der Waals surface area contributed by atoms with Gasteiger partial charge in [-0.15, -0.1) is 0 Å². The summed E-state index contributed by atoms with van der Waals surface area (Å²) in [7, 11) is 0. The van der Waals surface area contributed by atoms with Crippen LogP contribution in [-0.2, 0) is 11.2 Å². The first kappa shape index (κ1) is 19.2. The molecule has 0 aliphatic carbocycles. The van der Waals surface area contributed by atoms with Crippen molar-refractivity contribution in [2.75, 3.05) is 32.7 Å². The number of fused-ring (bicyclic) bond motifs is 1. The molecular weight excluding hydrogens is 345 g/mol. The van der Waals surface area contributed by atoms with Gasteiger partial charge in [-0.2, -0.15) is 0 Å². The van der Waals surface area contributed by atoms with Crippen LogP contribution in [-0.4, -0.2) is 54.5 Å². The molecule has 27 heavy (non-hydrogen) atoms. The molecule has 0 atom stereocenters. The molecule has 1 aliphatic heterocycles. The summed E-state index contributed by atoms with van der Waals surface area (Å²) in [5.74, 6) is 0.676. The number of amides is 1. The Balaban J connectivity index is 1.49. The van der Waals surface area contributed by atoms with Crippen LogP contribution in [0.1, 0.15) is 31.7 Å². The van der Waals surface area contributed by atoms with Gasteiger partial charge in [0.2, 0.25) is 5.91 Å². The third kappa shape index (κ3) is 5.21. The van der Waals surface area contributed by atoms with Crippen LogP contribution in [0.5, 0.6) is 0 Å². The predicted molar refractivity (Wildman–Crippen MR) is 106 cm³/mol. The van der Waals surface area contributed by atoms with Crippen LogP contribution in [0, 0.1) is 5.82 Å². The number of carbonyl (C=O) groups is 1. The van der Waals surface area contributed by atoms with Crippen molar-refractivity contribution < 1.29 is 9.18 Å². The number of halogens is 1. The average Bonchev–Trinajstić information content (AvgIpc) is 3.31. The Morgan fingerprint density at radius 1 is 1.30 bits per heavy atom. The van der Waals surface area contributed by atoms with E-state index in [0.717, 1.165) is 61.3 Å². The summed E-state index contributed by atoms with van der Waals surface area (Å²) in [5, 5.41) is 7.55. The van der Waals surface area contributed by atoms with Crippen molar-refractivity contribution in [3.05, 3.63) is 35.8 Å². The summed E-state index contributed by atoms with van der Waals surface area (Å²) >= 11 is 0. The monoisotopic (exact) mass is 373 g/mol. The van der Waals surface area contributed by atoms with Crippen molar-refractivity contribution in [2.24, 2.45) is 4.99 Å². The number of aliphatic imine (C=N–C) groups is 1. The second-order valence-corrected chi connectivity index (χ2v) is 6.78. The number of benzene rings is 1. The number of hydrogen-bond donors (Lipinski definition) is 3. The van der Waals surface area contributed by atoms with E-state index in [2.05, 4.69) is 20.6 Å². The quantitative estimate of drug-likeness (QED) is 0.516. The van der Waals surface area contributed by atoms with Crippen LogP contribution in [0.2, 0.25) is 0 Å². The van der Waals surface area contributed by atoms with E-state index < -0.39 is 0 Å². The van der Waals surface area contributed by atoms with Crippen molar-refractivity contribution in [3.63, 3.8) is 0 Å². The van der Waals surface area contributed by atoms with Gasteiger partial charge in [0.15, 0.2) is 5.96 Å². The molecule has 146 valence electrons. The van der Waals surface area contributed by atoms with Crippen LogP contribution in [0.15, 0.2) is 29.4 Å². The fourth-order valence-electron chi connectivity index (χ4n) is 3.41. The van der Waals surface area contributed by atoms with E-state index >= 15 is 0 Å². The number of likely N-dealkylation sites (tertiary alicyclic amines) is 1. The zero-order chi connectivity index (χ0) is 19.1. The smallest absolute Gasteiger partial charge is 0.224 e. The normalized spacial score (nSPS) is 14.7. The highest BCUT2D eigenvalue weighted by molar-refractivity contribution is 5.83. The molecule has 7 heteroatoms. The van der Waals surface area contributed by atoms with Crippen molar-refractivity contribution >= 4 is 22.8 Å². The Hall–Kier alpha value is -2.57. The molecule has 1 saturated heterocycles. The summed E-state index contributed by atoms with van der Waals surface area (Å²) < 4.78 is 13.3. The predicted octanol–water partition coefficient (Wildman–Crippen LogP) is 2.42. The molecule has 1 amide bonds. The molecule has 6 nitrogen and oxygen atoms in total. The molecule has 2 aromatic rings. The van der Waals surface area contributed by atoms with Gasteiger partial charge in [0.05, 0.1) is 6.54 Å². The Morgan fingerprint density at radius 2 is 2.11 bits per heavy atom. The van der Waals surface area contributed by atoms with Crippen molar-refractivity contribution in [1.82, 2.24) is 20.5 Å².